The Morgan fingerprint density at radius 2 is 1.96 bits per heavy atom. The minimum absolute atomic E-state index is 0.155. The molecule has 1 amide bonds. The molecule has 1 aromatic rings. The number of nitrogens with one attached hydrogen (secondary N) is 1. The number of carbonyl (C=O) groups excluding carboxylic acids is 1. The summed E-state index contributed by atoms with van der Waals surface area (Å²) in [6.45, 7) is 5.13. The van der Waals surface area contributed by atoms with Gasteiger partial charge in [0.25, 0.3) is 0 Å². The topological polar surface area (TPSA) is 89.3 Å². The molecule has 0 atom stereocenters. The lowest BCUT2D eigenvalue weighted by molar-refractivity contribution is -0.138. The van der Waals surface area contributed by atoms with Gasteiger partial charge in [-0.3, -0.25) is 9.52 Å². The smallest absolute Gasteiger partial charge is 0.366 e. The first-order chi connectivity index (χ1) is 10.8. The first-order valence-electron chi connectivity index (χ1n) is 6.67. The fourth-order valence-electron chi connectivity index (χ4n) is 1.94. The van der Waals surface area contributed by atoms with Gasteiger partial charge in [0.2, 0.25) is 15.9 Å². The van der Waals surface area contributed by atoms with Gasteiger partial charge in [-0.2, -0.15) is 13.2 Å². The van der Waals surface area contributed by atoms with E-state index >= 15 is 0 Å². The maximum atomic E-state index is 13.4. The maximum Gasteiger partial charge on any atom is 0.416 e. The zero-order valence-corrected chi connectivity index (χ0v) is 14.7. The number of primary amides is 1. The van der Waals surface area contributed by atoms with Crippen molar-refractivity contribution in [3.8, 4) is 0 Å². The van der Waals surface area contributed by atoms with Gasteiger partial charge in [-0.1, -0.05) is 13.5 Å². The van der Waals surface area contributed by atoms with E-state index in [0.29, 0.717) is 11.8 Å². The Kier molecular flexibility index (Phi) is 6.34. The second-order valence-electron chi connectivity index (χ2n) is 4.95. The van der Waals surface area contributed by atoms with Gasteiger partial charge in [0.15, 0.2) is 0 Å². The van der Waals surface area contributed by atoms with Gasteiger partial charge in [0.05, 0.1) is 17.5 Å². The second-order valence-corrected chi connectivity index (χ2v) is 8.00. The van der Waals surface area contributed by atoms with E-state index in [-0.39, 0.29) is 28.1 Å². The predicted molar refractivity (Wildman–Crippen MR) is 88.3 cm³/mol. The highest BCUT2D eigenvalue weighted by molar-refractivity contribution is 7.99. The van der Waals surface area contributed by atoms with Gasteiger partial charge in [0.1, 0.15) is 0 Å². The average Bonchev–Trinajstić information content (AvgIpc) is 2.38. The van der Waals surface area contributed by atoms with E-state index in [4.69, 9.17) is 5.73 Å². The van der Waals surface area contributed by atoms with E-state index in [1.165, 1.54) is 6.07 Å². The van der Waals surface area contributed by atoms with Gasteiger partial charge in [-0.25, -0.2) is 8.42 Å². The van der Waals surface area contributed by atoms with E-state index in [0.717, 1.165) is 18.0 Å². The summed E-state index contributed by atoms with van der Waals surface area (Å²) < 4.78 is 64.9. The van der Waals surface area contributed by atoms with Crippen molar-refractivity contribution in [3.63, 3.8) is 0 Å². The summed E-state index contributed by atoms with van der Waals surface area (Å²) in [7, 11) is -3.74. The fraction of sp³-hybridized carbons (Fsp3) is 0.357. The monoisotopic (exact) mass is 382 g/mol. The number of hydrogen-bond donors (Lipinski definition) is 2. The number of sulfonamides is 1. The number of anilines is 1. The van der Waals surface area contributed by atoms with Crippen molar-refractivity contribution >= 4 is 33.4 Å². The highest BCUT2D eigenvalue weighted by Gasteiger charge is 2.35. The molecule has 0 radical (unpaired) electrons. The van der Waals surface area contributed by atoms with Crippen LogP contribution >= 0.6 is 11.8 Å². The van der Waals surface area contributed by atoms with Crippen LogP contribution in [0.1, 0.15) is 18.1 Å². The van der Waals surface area contributed by atoms with Crippen LogP contribution in [0.15, 0.2) is 29.2 Å². The van der Waals surface area contributed by atoms with Gasteiger partial charge in [0, 0.05) is 16.9 Å². The molecule has 0 heterocycles. The summed E-state index contributed by atoms with van der Waals surface area (Å²) in [5.41, 5.74) is 3.51. The first-order valence-corrected chi connectivity index (χ1v) is 9.55. The van der Waals surface area contributed by atoms with Crippen LogP contribution in [0, 0.1) is 0 Å². The summed E-state index contributed by atoms with van der Waals surface area (Å²) in [5, 5.41) is 0. The third-order valence-corrected chi connectivity index (χ3v) is 4.43. The van der Waals surface area contributed by atoms with Crippen LogP contribution in [0.2, 0.25) is 0 Å². The predicted octanol–water partition coefficient (Wildman–Crippen LogP) is 2.77. The number of alkyl halides is 3. The molecule has 3 N–H and O–H groups in total. The molecule has 0 saturated heterocycles. The lowest BCUT2D eigenvalue weighted by Crippen LogP contribution is -2.18. The molecule has 0 aliphatic heterocycles. The lowest BCUT2D eigenvalue weighted by atomic mass is 9.99. The standard InChI is InChI=1S/C14H17F3N2O3S2/c1-4-23-12-7-9(19-24(3,21)22)6-11(14(15,16)17)10(12)5-8(2)13(18)20/h6-7,19H,2,4-5H2,1,3H3,(H2,18,20). The van der Waals surface area contributed by atoms with Crippen molar-refractivity contribution in [2.75, 3.05) is 16.7 Å². The van der Waals surface area contributed by atoms with Gasteiger partial charge in [-0.15, -0.1) is 11.8 Å². The van der Waals surface area contributed by atoms with E-state index in [1.54, 1.807) is 6.92 Å². The Hall–Kier alpha value is -1.68. The summed E-state index contributed by atoms with van der Waals surface area (Å²) in [6, 6.07) is 2.00. The molecule has 0 spiro atoms. The van der Waals surface area contributed by atoms with E-state index in [1.807, 2.05) is 4.72 Å². The van der Waals surface area contributed by atoms with Crippen molar-refractivity contribution in [2.24, 2.45) is 5.73 Å². The maximum absolute atomic E-state index is 13.4. The van der Waals surface area contributed by atoms with Crippen molar-refractivity contribution in [2.45, 2.75) is 24.4 Å². The molecular formula is C14H17F3N2O3S2. The van der Waals surface area contributed by atoms with Gasteiger partial charge < -0.3 is 5.73 Å². The molecule has 10 heteroatoms. The lowest BCUT2D eigenvalue weighted by Gasteiger charge is -2.19. The Bertz CT molecular complexity index is 759. The zero-order valence-electron chi connectivity index (χ0n) is 13.0. The zero-order chi connectivity index (χ0) is 18.7. The Morgan fingerprint density at radius 1 is 1.38 bits per heavy atom. The van der Waals surface area contributed by atoms with Crippen LogP contribution in [-0.2, 0) is 27.4 Å². The highest BCUT2D eigenvalue weighted by Crippen LogP contribution is 2.40. The molecule has 0 bridgehead atoms. The average molecular weight is 382 g/mol. The van der Waals surface area contributed by atoms with Crippen molar-refractivity contribution in [3.05, 3.63) is 35.4 Å². The van der Waals surface area contributed by atoms with Crippen molar-refractivity contribution in [1.82, 2.24) is 0 Å². The summed E-state index contributed by atoms with van der Waals surface area (Å²) in [5.74, 6) is -0.440. The molecule has 0 aliphatic rings. The van der Waals surface area contributed by atoms with Crippen LogP contribution in [0.25, 0.3) is 0 Å². The van der Waals surface area contributed by atoms with Crippen molar-refractivity contribution < 1.29 is 26.4 Å². The number of halogens is 3. The number of amides is 1. The molecule has 0 saturated carbocycles. The van der Waals surface area contributed by atoms with E-state index in [2.05, 4.69) is 6.58 Å². The Morgan fingerprint density at radius 3 is 2.38 bits per heavy atom. The quantitative estimate of drug-likeness (QED) is 0.561. The second kappa shape index (κ2) is 7.47. The molecule has 0 aromatic heterocycles. The van der Waals surface area contributed by atoms with Gasteiger partial charge in [-0.05, 0) is 23.4 Å². The first kappa shape index (κ1) is 20.4. The molecule has 0 aliphatic carbocycles. The summed E-state index contributed by atoms with van der Waals surface area (Å²) in [4.78, 5) is 11.3. The number of rotatable bonds is 7. The molecule has 5 nitrogen and oxygen atoms in total. The minimum atomic E-state index is -4.73. The molecule has 1 aromatic carbocycles. The van der Waals surface area contributed by atoms with E-state index in [9.17, 15) is 26.4 Å². The molecule has 24 heavy (non-hydrogen) atoms. The SMILES string of the molecule is C=C(Cc1c(SCC)cc(NS(C)(=O)=O)cc1C(F)(F)F)C(N)=O. The van der Waals surface area contributed by atoms with E-state index < -0.39 is 27.7 Å². The highest BCUT2D eigenvalue weighted by atomic mass is 32.2. The Labute approximate surface area is 142 Å². The summed E-state index contributed by atoms with van der Waals surface area (Å²) in [6.07, 6.45) is -4.26. The number of benzene rings is 1. The normalized spacial score (nSPS) is 12.0. The molecule has 0 fully saturated rings. The Balaban J connectivity index is 3.57. The van der Waals surface area contributed by atoms with Crippen LogP contribution in [-0.4, -0.2) is 26.3 Å². The molecular weight excluding hydrogens is 365 g/mol. The molecule has 0 unspecified atom stereocenters. The summed E-state index contributed by atoms with van der Waals surface area (Å²) >= 11 is 1.10. The largest absolute Gasteiger partial charge is 0.416 e. The minimum Gasteiger partial charge on any atom is -0.366 e. The van der Waals surface area contributed by atoms with Crippen LogP contribution < -0.4 is 10.5 Å². The van der Waals surface area contributed by atoms with Gasteiger partial charge >= 0.3 is 6.18 Å². The number of carbonyl (C=O) groups is 1. The fourth-order valence-corrected chi connectivity index (χ4v) is 3.36. The van der Waals surface area contributed by atoms with Crippen LogP contribution in [0.3, 0.4) is 0 Å². The number of nitrogens with two attached hydrogens (primary N) is 1. The van der Waals surface area contributed by atoms with Crippen LogP contribution in [0.5, 0.6) is 0 Å². The molecule has 1 rings (SSSR count). The number of hydrogen-bond acceptors (Lipinski definition) is 4. The third kappa shape index (κ3) is 5.75. The number of thioether (sulfide) groups is 1. The molecule has 134 valence electrons. The van der Waals surface area contributed by atoms with Crippen molar-refractivity contribution in [1.29, 1.82) is 0 Å². The third-order valence-electron chi connectivity index (χ3n) is 2.86. The van der Waals surface area contributed by atoms with Crippen LogP contribution in [0.4, 0.5) is 18.9 Å².